The van der Waals surface area contributed by atoms with E-state index in [-0.39, 0.29) is 35.9 Å². The highest BCUT2D eigenvalue weighted by Crippen LogP contribution is 2.60. The van der Waals surface area contributed by atoms with Gasteiger partial charge in [-0.15, -0.1) is 24.0 Å². The van der Waals surface area contributed by atoms with E-state index in [4.69, 9.17) is 14.5 Å². The summed E-state index contributed by atoms with van der Waals surface area (Å²) in [6.45, 7) is 5.53. The van der Waals surface area contributed by atoms with Gasteiger partial charge in [-0.3, -0.25) is 9.79 Å². The van der Waals surface area contributed by atoms with Crippen molar-refractivity contribution in [1.29, 1.82) is 0 Å². The number of rotatable bonds is 3. The number of piperidine rings is 1. The second-order valence-electron chi connectivity index (χ2n) is 8.39. The number of esters is 1. The third kappa shape index (κ3) is 3.70. The first kappa shape index (κ1) is 21.1. The molecular weight excluding hydrogens is 457 g/mol. The van der Waals surface area contributed by atoms with Crippen LogP contribution in [-0.2, 0) is 14.3 Å². The van der Waals surface area contributed by atoms with Gasteiger partial charge >= 0.3 is 5.97 Å². The van der Waals surface area contributed by atoms with E-state index in [2.05, 4.69) is 17.1 Å². The molecule has 6 nitrogen and oxygen atoms in total. The molecule has 3 atom stereocenters. The minimum Gasteiger partial charge on any atom is -0.469 e. The average Bonchev–Trinajstić information content (AvgIpc) is 3.33. The molecule has 4 fully saturated rings. The van der Waals surface area contributed by atoms with Gasteiger partial charge in [-0.1, -0.05) is 12.8 Å². The van der Waals surface area contributed by atoms with E-state index < -0.39 is 0 Å². The van der Waals surface area contributed by atoms with Crippen LogP contribution >= 0.6 is 24.0 Å². The zero-order chi connectivity index (χ0) is 18.1. The standard InChI is InChI=1S/C20H33N3O3.HI/c1-3-21-19(23-11-6-14(7-12-23)18(24)25-2)22-16-15-8-13-26-17(15)20(16)9-4-5-10-20;/h14-17H,3-13H2,1-2H3,(H,21,22);1H. The van der Waals surface area contributed by atoms with Crippen LogP contribution in [-0.4, -0.2) is 62.3 Å². The lowest BCUT2D eigenvalue weighted by atomic mass is 9.54. The molecule has 2 saturated heterocycles. The molecule has 1 spiro atoms. The Hall–Kier alpha value is -0.570. The number of nitrogens with zero attached hydrogens (tertiary/aromatic N) is 2. The second kappa shape index (κ2) is 8.84. The van der Waals surface area contributed by atoms with Gasteiger partial charge in [-0.25, -0.2) is 0 Å². The van der Waals surface area contributed by atoms with E-state index in [0.717, 1.165) is 45.0 Å². The van der Waals surface area contributed by atoms with Gasteiger partial charge in [0, 0.05) is 43.6 Å². The van der Waals surface area contributed by atoms with Crippen LogP contribution in [0, 0.1) is 17.3 Å². The topological polar surface area (TPSA) is 63.2 Å². The van der Waals surface area contributed by atoms with E-state index in [1.54, 1.807) is 0 Å². The van der Waals surface area contributed by atoms with E-state index >= 15 is 0 Å². The van der Waals surface area contributed by atoms with E-state index in [0.29, 0.717) is 23.5 Å². The van der Waals surface area contributed by atoms with Crippen molar-refractivity contribution in [3.63, 3.8) is 0 Å². The molecular formula is C20H34IN3O3. The van der Waals surface area contributed by atoms with Crippen molar-refractivity contribution in [1.82, 2.24) is 10.2 Å². The number of methoxy groups -OCH3 is 1. The maximum absolute atomic E-state index is 11.8. The third-order valence-corrected chi connectivity index (χ3v) is 7.21. The predicted molar refractivity (Wildman–Crippen MR) is 115 cm³/mol. The van der Waals surface area contributed by atoms with Crippen molar-refractivity contribution < 1.29 is 14.3 Å². The second-order valence-corrected chi connectivity index (χ2v) is 8.39. The van der Waals surface area contributed by atoms with Gasteiger partial charge in [0.05, 0.1) is 19.1 Å². The third-order valence-electron chi connectivity index (χ3n) is 7.21. The minimum atomic E-state index is -0.0681. The number of carbonyl (C=O) groups is 1. The molecule has 27 heavy (non-hydrogen) atoms. The molecule has 0 radical (unpaired) electrons. The summed E-state index contributed by atoms with van der Waals surface area (Å²) in [7, 11) is 1.48. The van der Waals surface area contributed by atoms with Crippen LogP contribution in [0.3, 0.4) is 0 Å². The van der Waals surface area contributed by atoms with Crippen LogP contribution in [0.5, 0.6) is 0 Å². The summed E-state index contributed by atoms with van der Waals surface area (Å²) in [5, 5.41) is 3.87. The molecule has 3 unspecified atom stereocenters. The summed E-state index contributed by atoms with van der Waals surface area (Å²) in [5.41, 5.74) is 0.333. The van der Waals surface area contributed by atoms with Gasteiger partial charge in [0.2, 0.25) is 0 Å². The molecule has 7 heteroatoms. The van der Waals surface area contributed by atoms with E-state index in [1.807, 2.05) is 0 Å². The van der Waals surface area contributed by atoms with Crippen molar-refractivity contribution >= 4 is 35.9 Å². The molecule has 4 rings (SSSR count). The van der Waals surface area contributed by atoms with Gasteiger partial charge < -0.3 is 19.7 Å². The van der Waals surface area contributed by atoms with Gasteiger partial charge in [0.1, 0.15) is 0 Å². The van der Waals surface area contributed by atoms with Gasteiger partial charge in [-0.05, 0) is 39.0 Å². The summed E-state index contributed by atoms with van der Waals surface area (Å²) in [5.74, 6) is 1.65. The zero-order valence-electron chi connectivity index (χ0n) is 16.6. The number of ether oxygens (including phenoxy) is 2. The van der Waals surface area contributed by atoms with Crippen molar-refractivity contribution in [2.45, 2.75) is 64.0 Å². The van der Waals surface area contributed by atoms with Crippen LogP contribution in [0.2, 0.25) is 0 Å². The van der Waals surface area contributed by atoms with Crippen LogP contribution in [0.1, 0.15) is 51.9 Å². The Kier molecular flexibility index (Phi) is 6.93. The normalized spacial score (nSPS) is 32.6. The first-order valence-corrected chi connectivity index (χ1v) is 10.4. The Morgan fingerprint density at radius 3 is 2.59 bits per heavy atom. The number of hydrogen-bond donors (Lipinski definition) is 1. The molecule has 1 N–H and O–H groups in total. The van der Waals surface area contributed by atoms with Crippen LogP contribution in [0.15, 0.2) is 4.99 Å². The van der Waals surface area contributed by atoms with Crippen LogP contribution < -0.4 is 5.32 Å². The number of aliphatic imine (C=N–C) groups is 1. The number of nitrogens with one attached hydrogen (secondary N) is 1. The van der Waals surface area contributed by atoms with Gasteiger partial charge in [-0.2, -0.15) is 0 Å². The lowest BCUT2D eigenvalue weighted by Crippen LogP contribution is -2.69. The van der Waals surface area contributed by atoms with Crippen LogP contribution in [0.25, 0.3) is 0 Å². The number of likely N-dealkylation sites (tertiary alicyclic amines) is 1. The molecule has 154 valence electrons. The SMILES string of the molecule is CCN=C(NC1C2CCOC2C12CCCC2)N1CCC(C(=O)OC)CC1.I. The lowest BCUT2D eigenvalue weighted by Gasteiger charge is -2.57. The zero-order valence-corrected chi connectivity index (χ0v) is 18.9. The Balaban J connectivity index is 0.00000210. The number of fused-ring (bicyclic) bond motifs is 2. The van der Waals surface area contributed by atoms with E-state index in [9.17, 15) is 4.79 Å². The molecule has 0 aromatic carbocycles. The number of carbonyl (C=O) groups excluding carboxylic acids is 1. The smallest absolute Gasteiger partial charge is 0.308 e. The Bertz CT molecular complexity index is 557. The highest BCUT2D eigenvalue weighted by atomic mass is 127. The fourth-order valence-corrected chi connectivity index (χ4v) is 5.92. The summed E-state index contributed by atoms with van der Waals surface area (Å²) in [6.07, 6.45) is 8.57. The van der Waals surface area contributed by atoms with Crippen molar-refractivity contribution in [2.24, 2.45) is 22.2 Å². The molecule has 2 aliphatic heterocycles. The highest BCUT2D eigenvalue weighted by Gasteiger charge is 2.65. The van der Waals surface area contributed by atoms with Crippen molar-refractivity contribution in [3.05, 3.63) is 0 Å². The summed E-state index contributed by atoms with van der Waals surface area (Å²) >= 11 is 0. The molecule has 0 amide bonds. The highest BCUT2D eigenvalue weighted by molar-refractivity contribution is 14.0. The average molecular weight is 491 g/mol. The monoisotopic (exact) mass is 491 g/mol. The van der Waals surface area contributed by atoms with Crippen LogP contribution in [0.4, 0.5) is 0 Å². The predicted octanol–water partition coefficient (Wildman–Crippen LogP) is 2.80. The van der Waals surface area contributed by atoms with E-state index in [1.165, 1.54) is 39.2 Å². The Morgan fingerprint density at radius 1 is 1.26 bits per heavy atom. The maximum atomic E-state index is 11.8. The number of hydrogen-bond acceptors (Lipinski definition) is 4. The quantitative estimate of drug-likeness (QED) is 0.285. The van der Waals surface area contributed by atoms with Crippen molar-refractivity contribution in [2.75, 3.05) is 33.4 Å². The number of halogens is 1. The molecule has 2 saturated carbocycles. The van der Waals surface area contributed by atoms with Crippen molar-refractivity contribution in [3.8, 4) is 0 Å². The first-order chi connectivity index (χ1) is 12.7. The summed E-state index contributed by atoms with van der Waals surface area (Å²) < 4.78 is 11.0. The molecule has 4 aliphatic rings. The van der Waals surface area contributed by atoms with Gasteiger partial charge in [0.25, 0.3) is 0 Å². The molecule has 0 bridgehead atoms. The Morgan fingerprint density at radius 2 is 1.96 bits per heavy atom. The maximum Gasteiger partial charge on any atom is 0.308 e. The number of guanidine groups is 1. The van der Waals surface area contributed by atoms with Gasteiger partial charge in [0.15, 0.2) is 5.96 Å². The molecule has 0 aromatic heterocycles. The summed E-state index contributed by atoms with van der Waals surface area (Å²) in [4.78, 5) is 18.9. The largest absolute Gasteiger partial charge is 0.469 e. The molecule has 0 aromatic rings. The fourth-order valence-electron chi connectivity index (χ4n) is 5.92. The lowest BCUT2D eigenvalue weighted by molar-refractivity contribution is -0.146. The fraction of sp³-hybridized carbons (Fsp3) is 0.900. The first-order valence-electron chi connectivity index (χ1n) is 10.4. The molecule has 2 heterocycles. The Labute approximate surface area is 179 Å². The molecule has 2 aliphatic carbocycles. The summed E-state index contributed by atoms with van der Waals surface area (Å²) in [6, 6.07) is 0.501. The minimum absolute atomic E-state index is 0.